The van der Waals surface area contributed by atoms with E-state index in [1.54, 1.807) is 0 Å². The van der Waals surface area contributed by atoms with Crippen molar-refractivity contribution in [2.24, 2.45) is 0 Å². The molecule has 1 rings (SSSR count). The van der Waals surface area contributed by atoms with E-state index >= 15 is 0 Å². The molecule has 0 bridgehead atoms. The molecule has 0 saturated heterocycles. The van der Waals surface area contributed by atoms with Crippen LogP contribution in [0.3, 0.4) is 0 Å². The van der Waals surface area contributed by atoms with Gasteiger partial charge in [-0.1, -0.05) is 19.9 Å². The first-order valence-electron chi connectivity index (χ1n) is 5.48. The lowest BCUT2D eigenvalue weighted by Gasteiger charge is -2.18. The maximum Gasteiger partial charge on any atom is 0.145 e. The third-order valence-corrected chi connectivity index (χ3v) is 4.17. The molecule has 0 unspecified atom stereocenters. The lowest BCUT2D eigenvalue weighted by Crippen LogP contribution is -2.28. The molecule has 0 aliphatic rings. The third-order valence-electron chi connectivity index (χ3n) is 2.47. The number of likely N-dealkylation sites (N-methyl/N-ethyl adjacent to an activating group) is 1. The first-order chi connectivity index (χ1) is 7.69. The van der Waals surface area contributed by atoms with Crippen LogP contribution >= 0.6 is 45.2 Å². The van der Waals surface area contributed by atoms with Gasteiger partial charge in [-0.05, 0) is 70.4 Å². The maximum absolute atomic E-state index is 5.85. The maximum atomic E-state index is 5.85. The molecule has 90 valence electrons. The minimum absolute atomic E-state index is 0.762. The summed E-state index contributed by atoms with van der Waals surface area (Å²) >= 11 is 4.64. The number of nitrogens with zero attached hydrogens (tertiary/aromatic N) is 1. The van der Waals surface area contributed by atoms with Gasteiger partial charge in [-0.15, -0.1) is 0 Å². The van der Waals surface area contributed by atoms with Gasteiger partial charge < -0.3 is 9.64 Å². The molecule has 0 aliphatic heterocycles. The van der Waals surface area contributed by atoms with Crippen molar-refractivity contribution >= 4 is 45.2 Å². The highest BCUT2D eigenvalue weighted by Crippen LogP contribution is 2.26. The average Bonchev–Trinajstić information content (AvgIpc) is 2.28. The van der Waals surface area contributed by atoms with E-state index in [4.69, 9.17) is 4.74 Å². The van der Waals surface area contributed by atoms with E-state index in [2.05, 4.69) is 82.1 Å². The van der Waals surface area contributed by atoms with Crippen LogP contribution in [-0.4, -0.2) is 31.1 Å². The van der Waals surface area contributed by atoms with E-state index in [0.29, 0.717) is 0 Å². The SMILES string of the molecule is CCN(CC)CCOc1c(I)cccc1I. The fourth-order valence-corrected chi connectivity index (χ4v) is 3.26. The zero-order valence-corrected chi connectivity index (χ0v) is 14.0. The van der Waals surface area contributed by atoms with Gasteiger partial charge in [-0.3, -0.25) is 0 Å². The molecule has 16 heavy (non-hydrogen) atoms. The Kier molecular flexibility index (Phi) is 6.98. The van der Waals surface area contributed by atoms with Crippen LogP contribution in [0.1, 0.15) is 13.8 Å². The molecule has 1 aromatic rings. The van der Waals surface area contributed by atoms with E-state index in [1.807, 2.05) is 0 Å². The zero-order valence-electron chi connectivity index (χ0n) is 9.67. The molecule has 0 fully saturated rings. The number of halogens is 2. The highest BCUT2D eigenvalue weighted by atomic mass is 127. The normalized spacial score (nSPS) is 10.8. The number of benzene rings is 1. The van der Waals surface area contributed by atoms with Crippen molar-refractivity contribution in [3.8, 4) is 5.75 Å². The Labute approximate surface area is 125 Å². The summed E-state index contributed by atoms with van der Waals surface area (Å²) in [5.74, 6) is 1.02. The van der Waals surface area contributed by atoms with Gasteiger partial charge in [-0.2, -0.15) is 0 Å². The summed E-state index contributed by atoms with van der Waals surface area (Å²) in [6, 6.07) is 6.21. The lowest BCUT2D eigenvalue weighted by atomic mass is 10.3. The molecule has 0 aromatic heterocycles. The average molecular weight is 445 g/mol. The Bertz CT molecular complexity index is 307. The first-order valence-corrected chi connectivity index (χ1v) is 7.64. The van der Waals surface area contributed by atoms with Crippen LogP contribution in [0.25, 0.3) is 0 Å². The molecule has 0 N–H and O–H groups in total. The van der Waals surface area contributed by atoms with Crippen molar-refractivity contribution in [3.63, 3.8) is 0 Å². The van der Waals surface area contributed by atoms with Crippen molar-refractivity contribution in [1.29, 1.82) is 0 Å². The second-order valence-electron chi connectivity index (χ2n) is 3.43. The summed E-state index contributed by atoms with van der Waals surface area (Å²) in [5.41, 5.74) is 0. The Morgan fingerprint density at radius 2 is 1.69 bits per heavy atom. The van der Waals surface area contributed by atoms with Crippen LogP contribution in [0, 0.1) is 7.14 Å². The summed E-state index contributed by atoms with van der Waals surface area (Å²) in [4.78, 5) is 2.36. The van der Waals surface area contributed by atoms with Crippen molar-refractivity contribution < 1.29 is 4.74 Å². The van der Waals surface area contributed by atoms with Gasteiger partial charge in [0.1, 0.15) is 12.4 Å². The minimum atomic E-state index is 0.762. The highest BCUT2D eigenvalue weighted by Gasteiger charge is 2.06. The summed E-state index contributed by atoms with van der Waals surface area (Å²) in [6.07, 6.45) is 0. The Morgan fingerprint density at radius 1 is 1.12 bits per heavy atom. The Balaban J connectivity index is 2.48. The van der Waals surface area contributed by atoms with Gasteiger partial charge in [0.15, 0.2) is 0 Å². The van der Waals surface area contributed by atoms with Gasteiger partial charge in [-0.25, -0.2) is 0 Å². The summed E-state index contributed by atoms with van der Waals surface area (Å²) in [6.45, 7) is 8.29. The largest absolute Gasteiger partial charge is 0.490 e. The van der Waals surface area contributed by atoms with Crippen molar-refractivity contribution in [1.82, 2.24) is 4.90 Å². The van der Waals surface area contributed by atoms with E-state index in [9.17, 15) is 0 Å². The van der Waals surface area contributed by atoms with Crippen molar-refractivity contribution in [2.45, 2.75) is 13.8 Å². The van der Waals surface area contributed by atoms with Gasteiger partial charge in [0.2, 0.25) is 0 Å². The van der Waals surface area contributed by atoms with E-state index in [1.165, 1.54) is 7.14 Å². The van der Waals surface area contributed by atoms with Crippen LogP contribution < -0.4 is 4.74 Å². The zero-order chi connectivity index (χ0) is 12.0. The fourth-order valence-electron chi connectivity index (χ4n) is 1.44. The Morgan fingerprint density at radius 3 is 2.19 bits per heavy atom. The summed E-state index contributed by atoms with van der Waals surface area (Å²) < 4.78 is 8.21. The molecule has 0 heterocycles. The predicted molar refractivity (Wildman–Crippen MR) is 85.2 cm³/mol. The number of ether oxygens (including phenoxy) is 1. The number of hydrogen-bond acceptors (Lipinski definition) is 2. The minimum Gasteiger partial charge on any atom is -0.490 e. The topological polar surface area (TPSA) is 12.5 Å². The van der Waals surface area contributed by atoms with E-state index in [0.717, 1.165) is 32.0 Å². The summed E-state index contributed by atoms with van der Waals surface area (Å²) in [5, 5.41) is 0. The van der Waals surface area contributed by atoms with Crippen LogP contribution in [0.4, 0.5) is 0 Å². The second-order valence-corrected chi connectivity index (χ2v) is 5.75. The molecule has 0 atom stereocenters. The van der Waals surface area contributed by atoms with Crippen LogP contribution in [0.15, 0.2) is 18.2 Å². The number of rotatable bonds is 6. The smallest absolute Gasteiger partial charge is 0.145 e. The molecule has 0 spiro atoms. The molecule has 4 heteroatoms. The number of hydrogen-bond donors (Lipinski definition) is 0. The van der Waals surface area contributed by atoms with Crippen molar-refractivity contribution in [2.75, 3.05) is 26.2 Å². The monoisotopic (exact) mass is 445 g/mol. The molecular formula is C12H17I2NO. The van der Waals surface area contributed by atoms with Crippen LogP contribution in [0.5, 0.6) is 5.75 Å². The van der Waals surface area contributed by atoms with Gasteiger partial charge in [0.05, 0.1) is 7.14 Å². The molecule has 1 aromatic carbocycles. The van der Waals surface area contributed by atoms with Gasteiger partial charge in [0.25, 0.3) is 0 Å². The first kappa shape index (κ1) is 14.5. The quantitative estimate of drug-likeness (QED) is 0.621. The predicted octanol–water partition coefficient (Wildman–Crippen LogP) is 3.62. The molecule has 0 amide bonds. The standard InChI is InChI=1S/C12H17I2NO/c1-3-15(4-2)8-9-16-12-10(13)6-5-7-11(12)14/h5-7H,3-4,8-9H2,1-2H3. The Hall–Kier alpha value is 0.440. The second kappa shape index (κ2) is 7.71. The van der Waals surface area contributed by atoms with Gasteiger partial charge >= 0.3 is 0 Å². The van der Waals surface area contributed by atoms with Crippen LogP contribution in [-0.2, 0) is 0 Å². The molecule has 0 aliphatic carbocycles. The van der Waals surface area contributed by atoms with E-state index in [-0.39, 0.29) is 0 Å². The fraction of sp³-hybridized carbons (Fsp3) is 0.500. The van der Waals surface area contributed by atoms with E-state index < -0.39 is 0 Å². The lowest BCUT2D eigenvalue weighted by molar-refractivity contribution is 0.221. The number of para-hydroxylation sites is 1. The van der Waals surface area contributed by atoms with Crippen LogP contribution in [0.2, 0.25) is 0 Å². The molecular weight excluding hydrogens is 428 g/mol. The van der Waals surface area contributed by atoms with Gasteiger partial charge in [0, 0.05) is 6.54 Å². The highest BCUT2D eigenvalue weighted by molar-refractivity contribution is 14.1. The summed E-state index contributed by atoms with van der Waals surface area (Å²) in [7, 11) is 0. The van der Waals surface area contributed by atoms with Crippen molar-refractivity contribution in [3.05, 3.63) is 25.3 Å². The third kappa shape index (κ3) is 4.37. The molecule has 0 radical (unpaired) electrons. The molecule has 0 saturated carbocycles. The molecule has 2 nitrogen and oxygen atoms in total.